The Kier molecular flexibility index (Phi) is 4.60. The van der Waals surface area contributed by atoms with Crippen molar-refractivity contribution in [1.82, 2.24) is 9.97 Å². The Morgan fingerprint density at radius 2 is 2.06 bits per heavy atom. The largest absolute Gasteiger partial charge is 0.369 e. The van der Waals surface area contributed by atoms with Crippen LogP contribution in [0.5, 0.6) is 0 Å². The molecule has 1 saturated carbocycles. The lowest BCUT2D eigenvalue weighted by molar-refractivity contribution is 0.400. The molecule has 1 fully saturated rings. The highest BCUT2D eigenvalue weighted by molar-refractivity contribution is 9.10. The highest BCUT2D eigenvalue weighted by atomic mass is 79.9. The fourth-order valence-corrected chi connectivity index (χ4v) is 2.65. The number of nitrogens with one attached hydrogen (secondary N) is 1. The summed E-state index contributed by atoms with van der Waals surface area (Å²) in [6, 6.07) is 0. The molecule has 18 heavy (non-hydrogen) atoms. The van der Waals surface area contributed by atoms with Gasteiger partial charge in [-0.2, -0.15) is 0 Å². The lowest BCUT2D eigenvalue weighted by Crippen LogP contribution is -2.16. The molecule has 1 aliphatic rings. The Balaban J connectivity index is 2.33. The molecule has 100 valence electrons. The molecule has 1 aliphatic carbocycles. The van der Waals surface area contributed by atoms with Crippen LogP contribution in [-0.4, -0.2) is 16.5 Å². The van der Waals surface area contributed by atoms with Gasteiger partial charge in [0.05, 0.1) is 10.2 Å². The molecule has 0 aliphatic heterocycles. The molecule has 4 heteroatoms. The van der Waals surface area contributed by atoms with Gasteiger partial charge in [-0.05, 0) is 48.0 Å². The summed E-state index contributed by atoms with van der Waals surface area (Å²) >= 11 is 3.65. The van der Waals surface area contributed by atoms with Gasteiger partial charge >= 0.3 is 0 Å². The first-order valence-corrected chi connectivity index (χ1v) is 7.71. The van der Waals surface area contributed by atoms with Crippen LogP contribution in [0.25, 0.3) is 0 Å². The Bertz CT molecular complexity index is 414. The van der Waals surface area contributed by atoms with Gasteiger partial charge in [-0.3, -0.25) is 0 Å². The van der Waals surface area contributed by atoms with E-state index in [4.69, 9.17) is 4.98 Å². The van der Waals surface area contributed by atoms with E-state index in [2.05, 4.69) is 47.0 Å². The Morgan fingerprint density at radius 1 is 1.33 bits per heavy atom. The number of anilines is 1. The van der Waals surface area contributed by atoms with E-state index < -0.39 is 0 Å². The SMILES string of the molecule is CCNc1nc(C2CCC2)nc(CC(C)C)c1Br. The molecule has 3 nitrogen and oxygen atoms in total. The number of rotatable bonds is 5. The van der Waals surface area contributed by atoms with Crippen molar-refractivity contribution >= 4 is 21.7 Å². The van der Waals surface area contributed by atoms with Crippen LogP contribution in [0.15, 0.2) is 4.47 Å². The van der Waals surface area contributed by atoms with Gasteiger partial charge in [0, 0.05) is 12.5 Å². The Labute approximate surface area is 118 Å². The standard InChI is InChI=1S/C14H22BrN3/c1-4-16-14-12(15)11(8-9(2)3)17-13(18-14)10-6-5-7-10/h9-10H,4-8H2,1-3H3,(H,16,17,18). The number of nitrogens with zero attached hydrogens (tertiary/aromatic N) is 2. The van der Waals surface area contributed by atoms with Crippen molar-refractivity contribution in [3.05, 3.63) is 16.0 Å². The fourth-order valence-electron chi connectivity index (χ4n) is 2.17. The lowest BCUT2D eigenvalue weighted by Gasteiger charge is -2.25. The summed E-state index contributed by atoms with van der Waals surface area (Å²) in [5.41, 5.74) is 1.15. The molecule has 0 aromatic carbocycles. The highest BCUT2D eigenvalue weighted by Crippen LogP contribution is 2.36. The summed E-state index contributed by atoms with van der Waals surface area (Å²) < 4.78 is 1.04. The maximum atomic E-state index is 4.78. The minimum absolute atomic E-state index is 0.585. The second kappa shape index (κ2) is 6.00. The third-order valence-corrected chi connectivity index (χ3v) is 4.19. The summed E-state index contributed by atoms with van der Waals surface area (Å²) in [6.45, 7) is 7.44. The molecule has 0 saturated heterocycles. The van der Waals surface area contributed by atoms with Crippen molar-refractivity contribution < 1.29 is 0 Å². The van der Waals surface area contributed by atoms with E-state index in [9.17, 15) is 0 Å². The molecule has 0 radical (unpaired) electrons. The van der Waals surface area contributed by atoms with E-state index in [1.807, 2.05) is 0 Å². The van der Waals surface area contributed by atoms with Gasteiger partial charge in [0.25, 0.3) is 0 Å². The minimum Gasteiger partial charge on any atom is -0.369 e. The van der Waals surface area contributed by atoms with Gasteiger partial charge in [-0.25, -0.2) is 9.97 Å². The highest BCUT2D eigenvalue weighted by Gasteiger charge is 2.24. The molecule has 0 spiro atoms. The van der Waals surface area contributed by atoms with Crippen LogP contribution in [0.4, 0.5) is 5.82 Å². The van der Waals surface area contributed by atoms with Gasteiger partial charge < -0.3 is 5.32 Å². The molecule has 1 heterocycles. The molecule has 1 aromatic heterocycles. The van der Waals surface area contributed by atoms with Crippen LogP contribution in [0.2, 0.25) is 0 Å². The third-order valence-electron chi connectivity index (χ3n) is 3.35. The maximum absolute atomic E-state index is 4.78. The first kappa shape index (κ1) is 13.8. The Morgan fingerprint density at radius 3 is 2.56 bits per heavy atom. The van der Waals surface area contributed by atoms with E-state index in [-0.39, 0.29) is 0 Å². The quantitative estimate of drug-likeness (QED) is 0.888. The third kappa shape index (κ3) is 3.02. The van der Waals surface area contributed by atoms with Crippen LogP contribution < -0.4 is 5.32 Å². The van der Waals surface area contributed by atoms with Crippen LogP contribution >= 0.6 is 15.9 Å². The predicted molar refractivity (Wildman–Crippen MR) is 79.0 cm³/mol. The molecule has 0 atom stereocenters. The van der Waals surface area contributed by atoms with Gasteiger partial charge in [-0.15, -0.1) is 0 Å². The van der Waals surface area contributed by atoms with Crippen molar-refractivity contribution in [2.45, 2.75) is 52.4 Å². The van der Waals surface area contributed by atoms with Crippen molar-refractivity contribution in [2.75, 3.05) is 11.9 Å². The molecular formula is C14H22BrN3. The van der Waals surface area contributed by atoms with Crippen molar-refractivity contribution in [3.63, 3.8) is 0 Å². The normalized spacial score (nSPS) is 15.8. The molecule has 0 bridgehead atoms. The smallest absolute Gasteiger partial charge is 0.144 e. The fraction of sp³-hybridized carbons (Fsp3) is 0.714. The van der Waals surface area contributed by atoms with Crippen LogP contribution in [0, 0.1) is 5.92 Å². The Hall–Kier alpha value is -0.640. The zero-order valence-corrected chi connectivity index (χ0v) is 13.0. The van der Waals surface area contributed by atoms with E-state index in [0.717, 1.165) is 34.8 Å². The zero-order valence-electron chi connectivity index (χ0n) is 11.5. The number of halogens is 1. The minimum atomic E-state index is 0.585. The van der Waals surface area contributed by atoms with E-state index in [1.165, 1.54) is 19.3 Å². The monoisotopic (exact) mass is 311 g/mol. The van der Waals surface area contributed by atoms with Crippen molar-refractivity contribution in [1.29, 1.82) is 0 Å². The zero-order chi connectivity index (χ0) is 13.1. The average Bonchev–Trinajstić information content (AvgIpc) is 2.21. The summed E-state index contributed by atoms with van der Waals surface area (Å²) in [5.74, 6) is 3.20. The van der Waals surface area contributed by atoms with Gasteiger partial charge in [0.1, 0.15) is 11.6 Å². The maximum Gasteiger partial charge on any atom is 0.144 e. The summed E-state index contributed by atoms with van der Waals surface area (Å²) in [4.78, 5) is 9.46. The van der Waals surface area contributed by atoms with Gasteiger partial charge in [-0.1, -0.05) is 20.3 Å². The molecule has 0 unspecified atom stereocenters. The first-order chi connectivity index (χ1) is 8.61. The van der Waals surface area contributed by atoms with Crippen LogP contribution in [0.3, 0.4) is 0 Å². The number of hydrogen-bond acceptors (Lipinski definition) is 3. The van der Waals surface area contributed by atoms with Crippen LogP contribution in [-0.2, 0) is 6.42 Å². The number of aromatic nitrogens is 2. The molecular weight excluding hydrogens is 290 g/mol. The van der Waals surface area contributed by atoms with E-state index >= 15 is 0 Å². The van der Waals surface area contributed by atoms with E-state index in [0.29, 0.717) is 11.8 Å². The van der Waals surface area contributed by atoms with Gasteiger partial charge in [0.15, 0.2) is 0 Å². The van der Waals surface area contributed by atoms with E-state index in [1.54, 1.807) is 0 Å². The van der Waals surface area contributed by atoms with Gasteiger partial charge in [0.2, 0.25) is 0 Å². The molecule has 0 amide bonds. The summed E-state index contributed by atoms with van der Waals surface area (Å²) in [7, 11) is 0. The van der Waals surface area contributed by atoms with Crippen molar-refractivity contribution in [3.8, 4) is 0 Å². The first-order valence-electron chi connectivity index (χ1n) is 6.92. The molecule has 1 aromatic rings. The second-order valence-corrected chi connectivity index (χ2v) is 6.24. The topological polar surface area (TPSA) is 37.8 Å². The average molecular weight is 312 g/mol. The van der Waals surface area contributed by atoms with Crippen molar-refractivity contribution in [2.24, 2.45) is 5.92 Å². The summed E-state index contributed by atoms with van der Waals surface area (Å²) in [6.07, 6.45) is 4.81. The molecule has 1 N–H and O–H groups in total. The molecule has 2 rings (SSSR count). The summed E-state index contributed by atoms with van der Waals surface area (Å²) in [5, 5.41) is 3.33. The lowest BCUT2D eigenvalue weighted by atomic mass is 9.85. The number of hydrogen-bond donors (Lipinski definition) is 1. The van der Waals surface area contributed by atoms with Crippen LogP contribution in [0.1, 0.15) is 57.5 Å². The predicted octanol–water partition coefficient (Wildman–Crippen LogP) is 4.14. The second-order valence-electron chi connectivity index (χ2n) is 5.45.